The zero-order valence-corrected chi connectivity index (χ0v) is 13.1. The average Bonchev–Trinajstić information content (AvgIpc) is 2.77. The van der Waals surface area contributed by atoms with E-state index in [9.17, 15) is 13.2 Å². The van der Waals surface area contributed by atoms with Crippen molar-refractivity contribution in [3.63, 3.8) is 0 Å². The molecule has 0 aromatic carbocycles. The van der Waals surface area contributed by atoms with E-state index < -0.39 is 15.8 Å². The number of hydrogen-bond acceptors (Lipinski definition) is 4. The van der Waals surface area contributed by atoms with Crippen LogP contribution in [-0.4, -0.2) is 36.9 Å². The van der Waals surface area contributed by atoms with Crippen LogP contribution in [0.25, 0.3) is 0 Å². The molecule has 2 aliphatic rings. The molecule has 3 N–H and O–H groups in total. The minimum absolute atomic E-state index is 0.0481. The molecule has 0 aromatic rings. The third kappa shape index (κ3) is 3.91. The number of rotatable bonds is 4. The largest absolute Gasteiger partial charge is 0.392 e. The first-order chi connectivity index (χ1) is 9.39. The quantitative estimate of drug-likeness (QED) is 0.748. The predicted octanol–water partition coefficient (Wildman–Crippen LogP) is 0.772. The monoisotopic (exact) mass is 318 g/mol. The minimum atomic E-state index is -3.05. The van der Waals surface area contributed by atoms with Gasteiger partial charge in [0.25, 0.3) is 0 Å². The van der Waals surface area contributed by atoms with Gasteiger partial charge in [-0.3, -0.25) is 4.79 Å². The number of thiocarbonyl (C=S) groups is 1. The van der Waals surface area contributed by atoms with Crippen molar-refractivity contribution in [3.05, 3.63) is 0 Å². The second kappa shape index (κ2) is 6.39. The first kappa shape index (κ1) is 15.7. The van der Waals surface area contributed by atoms with Crippen LogP contribution in [0.5, 0.6) is 0 Å². The summed E-state index contributed by atoms with van der Waals surface area (Å²) >= 11 is 5.08. The second-order valence-electron chi connectivity index (χ2n) is 5.89. The summed E-state index contributed by atoms with van der Waals surface area (Å²) in [6.45, 7) is 0. The first-order valence-electron chi connectivity index (χ1n) is 7.19. The third-order valence-corrected chi connectivity index (χ3v) is 6.35. The average molecular weight is 318 g/mol. The second-order valence-corrected chi connectivity index (χ2v) is 8.59. The first-order valence-corrected chi connectivity index (χ1v) is 9.42. The minimum Gasteiger partial charge on any atom is -0.392 e. The molecule has 114 valence electrons. The summed E-state index contributed by atoms with van der Waals surface area (Å²) in [7, 11) is -3.05. The lowest BCUT2D eigenvalue weighted by molar-refractivity contribution is -0.124. The summed E-state index contributed by atoms with van der Waals surface area (Å²) < 4.78 is 22.9. The van der Waals surface area contributed by atoms with Crippen LogP contribution in [0.3, 0.4) is 0 Å². The summed E-state index contributed by atoms with van der Waals surface area (Å²) in [5, 5.41) is 2.90. The maximum absolute atomic E-state index is 12.2. The Bertz CT molecular complexity index is 484. The smallest absolute Gasteiger partial charge is 0.224 e. The van der Waals surface area contributed by atoms with E-state index in [0.717, 1.165) is 25.7 Å². The van der Waals surface area contributed by atoms with Crippen LogP contribution in [0.15, 0.2) is 0 Å². The van der Waals surface area contributed by atoms with Gasteiger partial charge in [-0.15, -0.1) is 0 Å². The van der Waals surface area contributed by atoms with Crippen molar-refractivity contribution in [2.45, 2.75) is 44.6 Å². The van der Waals surface area contributed by atoms with Gasteiger partial charge in [0.2, 0.25) is 5.91 Å². The van der Waals surface area contributed by atoms with Gasteiger partial charge in [-0.05, 0) is 25.2 Å². The van der Waals surface area contributed by atoms with E-state index in [2.05, 4.69) is 5.32 Å². The van der Waals surface area contributed by atoms with Gasteiger partial charge in [0, 0.05) is 0 Å². The summed E-state index contributed by atoms with van der Waals surface area (Å²) in [6.07, 6.45) is 5.93. The van der Waals surface area contributed by atoms with E-state index in [0.29, 0.717) is 17.3 Å². The number of nitrogens with one attached hydrogen (secondary N) is 1. The predicted molar refractivity (Wildman–Crippen MR) is 82.1 cm³/mol. The molecule has 2 unspecified atom stereocenters. The van der Waals surface area contributed by atoms with E-state index in [1.165, 1.54) is 6.42 Å². The third-order valence-electron chi connectivity index (χ3n) is 4.33. The van der Waals surface area contributed by atoms with Crippen LogP contribution >= 0.6 is 12.2 Å². The molecule has 20 heavy (non-hydrogen) atoms. The molecular formula is C13H22N2O3S2. The number of nitrogens with two attached hydrogens (primary N) is 1. The number of hydrogen-bond donors (Lipinski definition) is 2. The molecule has 0 spiro atoms. The van der Waals surface area contributed by atoms with Crippen molar-refractivity contribution in [1.82, 2.24) is 5.32 Å². The van der Waals surface area contributed by atoms with E-state index in [1.54, 1.807) is 0 Å². The van der Waals surface area contributed by atoms with Crippen LogP contribution in [-0.2, 0) is 14.6 Å². The van der Waals surface area contributed by atoms with E-state index in [1.807, 2.05) is 0 Å². The molecule has 1 heterocycles. The highest BCUT2D eigenvalue weighted by molar-refractivity contribution is 7.91. The van der Waals surface area contributed by atoms with Crippen LogP contribution in [0.2, 0.25) is 0 Å². The molecule has 7 heteroatoms. The van der Waals surface area contributed by atoms with Crippen molar-refractivity contribution >= 4 is 33.0 Å². The molecule has 1 saturated carbocycles. The van der Waals surface area contributed by atoms with Crippen molar-refractivity contribution in [2.24, 2.45) is 17.6 Å². The normalized spacial score (nSPS) is 27.9. The Morgan fingerprint density at radius 3 is 2.35 bits per heavy atom. The van der Waals surface area contributed by atoms with Gasteiger partial charge in [0.05, 0.1) is 28.5 Å². The zero-order valence-electron chi connectivity index (χ0n) is 11.5. The number of carbonyl (C=O) groups excluding carboxylic acids is 1. The van der Waals surface area contributed by atoms with E-state index in [-0.39, 0.29) is 23.5 Å². The topological polar surface area (TPSA) is 89.3 Å². The van der Waals surface area contributed by atoms with Gasteiger partial charge < -0.3 is 11.1 Å². The molecule has 1 saturated heterocycles. The fraction of sp³-hybridized carbons (Fsp3) is 0.846. The molecule has 2 atom stereocenters. The van der Waals surface area contributed by atoms with E-state index >= 15 is 0 Å². The molecule has 2 fully saturated rings. The van der Waals surface area contributed by atoms with Gasteiger partial charge in [-0.25, -0.2) is 8.42 Å². The molecule has 1 aliphatic heterocycles. The summed E-state index contributed by atoms with van der Waals surface area (Å²) in [4.78, 5) is 12.5. The van der Waals surface area contributed by atoms with Gasteiger partial charge in [-0.2, -0.15) is 0 Å². The van der Waals surface area contributed by atoms with Crippen LogP contribution in [0.4, 0.5) is 0 Å². The summed E-state index contributed by atoms with van der Waals surface area (Å²) in [6, 6.07) is -0.291. The number of carbonyl (C=O) groups is 1. The number of amides is 1. The maximum atomic E-state index is 12.2. The fourth-order valence-electron chi connectivity index (χ4n) is 3.16. The molecule has 0 aromatic heterocycles. The highest BCUT2D eigenvalue weighted by atomic mass is 32.2. The van der Waals surface area contributed by atoms with Crippen molar-refractivity contribution in [2.75, 3.05) is 11.5 Å². The Balaban J connectivity index is 1.97. The Hall–Kier alpha value is -0.690. The van der Waals surface area contributed by atoms with Crippen molar-refractivity contribution in [1.29, 1.82) is 0 Å². The molecule has 5 nitrogen and oxygen atoms in total. The molecule has 2 rings (SSSR count). The van der Waals surface area contributed by atoms with Crippen molar-refractivity contribution < 1.29 is 13.2 Å². The molecule has 0 bridgehead atoms. The Labute approximate surface area is 125 Å². The number of sulfone groups is 1. The Kier molecular flexibility index (Phi) is 5.01. The van der Waals surface area contributed by atoms with Crippen molar-refractivity contribution in [3.8, 4) is 0 Å². The maximum Gasteiger partial charge on any atom is 0.224 e. The van der Waals surface area contributed by atoms with Gasteiger partial charge in [0.1, 0.15) is 0 Å². The lowest BCUT2D eigenvalue weighted by Crippen LogP contribution is -2.50. The van der Waals surface area contributed by atoms with Gasteiger partial charge >= 0.3 is 0 Å². The highest BCUT2D eigenvalue weighted by Crippen LogP contribution is 2.27. The molecule has 1 amide bonds. The zero-order chi connectivity index (χ0) is 14.8. The SMILES string of the molecule is NC(=S)C(NC(=O)C1CCS(=O)(=O)C1)C1CCCCC1. The van der Waals surface area contributed by atoms with Crippen LogP contribution in [0, 0.1) is 11.8 Å². The van der Waals surface area contributed by atoms with Crippen LogP contribution in [0.1, 0.15) is 38.5 Å². The Morgan fingerprint density at radius 2 is 1.85 bits per heavy atom. The summed E-state index contributed by atoms with van der Waals surface area (Å²) in [5.41, 5.74) is 5.77. The van der Waals surface area contributed by atoms with E-state index in [4.69, 9.17) is 18.0 Å². The Morgan fingerprint density at radius 1 is 1.20 bits per heavy atom. The molecule has 1 aliphatic carbocycles. The highest BCUT2D eigenvalue weighted by Gasteiger charge is 2.35. The molecule has 0 radical (unpaired) electrons. The fourth-order valence-corrected chi connectivity index (χ4v) is 5.15. The lowest BCUT2D eigenvalue weighted by atomic mass is 9.83. The van der Waals surface area contributed by atoms with Crippen LogP contribution < -0.4 is 11.1 Å². The lowest BCUT2D eigenvalue weighted by Gasteiger charge is -2.30. The standard InChI is InChI=1S/C13H22N2O3S2/c14-12(19)11(9-4-2-1-3-5-9)15-13(16)10-6-7-20(17,18)8-10/h9-11H,1-8H2,(H2,14,19)(H,15,16). The molecular weight excluding hydrogens is 296 g/mol. The van der Waals surface area contributed by atoms with Gasteiger partial charge in [0.15, 0.2) is 9.84 Å². The van der Waals surface area contributed by atoms with Gasteiger partial charge in [-0.1, -0.05) is 31.5 Å². The summed E-state index contributed by atoms with van der Waals surface area (Å²) in [5.74, 6) is -0.308.